The van der Waals surface area contributed by atoms with Crippen molar-refractivity contribution in [2.75, 3.05) is 7.11 Å². The van der Waals surface area contributed by atoms with Crippen LogP contribution >= 0.6 is 0 Å². The number of carbonyl (C=O) groups excluding carboxylic acids is 1. The number of hydrogen-bond acceptors (Lipinski definition) is 5. The van der Waals surface area contributed by atoms with Crippen LogP contribution in [0.2, 0.25) is 0 Å². The Balaban J connectivity index is 2.28. The molecule has 2 rings (SSSR count). The first-order valence-corrected chi connectivity index (χ1v) is 4.63. The third-order valence-corrected chi connectivity index (χ3v) is 2.01. The van der Waals surface area contributed by atoms with Gasteiger partial charge in [0, 0.05) is 24.0 Å². The second kappa shape index (κ2) is 4.48. The summed E-state index contributed by atoms with van der Waals surface area (Å²) in [6.07, 6.45) is 3.10. The summed E-state index contributed by atoms with van der Waals surface area (Å²) < 4.78 is 4.86. The van der Waals surface area contributed by atoms with E-state index in [9.17, 15) is 4.79 Å². The van der Waals surface area contributed by atoms with Crippen LogP contribution < -0.4 is 4.74 Å². The zero-order chi connectivity index (χ0) is 11.4. The van der Waals surface area contributed by atoms with Gasteiger partial charge in [-0.15, -0.1) is 10.2 Å². The minimum absolute atomic E-state index is 0.205. The first-order chi connectivity index (χ1) is 7.81. The third kappa shape index (κ3) is 2.03. The van der Waals surface area contributed by atoms with Gasteiger partial charge in [-0.25, -0.2) is 0 Å². The molecule has 0 fully saturated rings. The third-order valence-electron chi connectivity index (χ3n) is 2.01. The maximum Gasteiger partial charge on any atom is 0.233 e. The average Bonchev–Trinajstić information content (AvgIpc) is 2.39. The highest BCUT2D eigenvalue weighted by Crippen LogP contribution is 2.08. The van der Waals surface area contributed by atoms with Gasteiger partial charge in [0.15, 0.2) is 0 Å². The number of aromatic nitrogens is 3. The number of nitrogens with zero attached hydrogens (tertiary/aromatic N) is 3. The minimum atomic E-state index is -0.205. The van der Waals surface area contributed by atoms with Gasteiger partial charge in [0.1, 0.15) is 5.69 Å². The van der Waals surface area contributed by atoms with E-state index in [1.165, 1.54) is 13.3 Å². The van der Waals surface area contributed by atoms with E-state index in [0.717, 1.165) is 0 Å². The molecule has 2 aromatic heterocycles. The summed E-state index contributed by atoms with van der Waals surface area (Å²) in [6, 6.07) is 6.54. The standard InChI is InChI=1S/C11H9N3O2/c1-16-10-5-4-9(13-14-10)11(15)8-3-2-6-12-7-8/h2-7H,1H3. The molecule has 80 valence electrons. The molecule has 0 N–H and O–H groups in total. The first-order valence-electron chi connectivity index (χ1n) is 4.63. The molecule has 0 aliphatic rings. The van der Waals surface area contributed by atoms with E-state index in [0.29, 0.717) is 11.4 Å². The average molecular weight is 215 g/mol. The first kappa shape index (κ1) is 10.2. The van der Waals surface area contributed by atoms with Crippen molar-refractivity contribution in [3.05, 3.63) is 47.9 Å². The van der Waals surface area contributed by atoms with Crippen molar-refractivity contribution < 1.29 is 9.53 Å². The Hall–Kier alpha value is -2.30. The monoisotopic (exact) mass is 215 g/mol. The molecule has 5 nitrogen and oxygen atoms in total. The molecule has 0 aliphatic carbocycles. The Morgan fingerprint density at radius 3 is 2.69 bits per heavy atom. The van der Waals surface area contributed by atoms with Crippen LogP contribution in [-0.4, -0.2) is 28.1 Å². The largest absolute Gasteiger partial charge is 0.480 e. The predicted molar refractivity (Wildman–Crippen MR) is 56.3 cm³/mol. The number of ether oxygens (including phenoxy) is 1. The van der Waals surface area contributed by atoms with Gasteiger partial charge >= 0.3 is 0 Å². The zero-order valence-electron chi connectivity index (χ0n) is 8.62. The summed E-state index contributed by atoms with van der Waals surface area (Å²) in [5, 5.41) is 7.50. The maximum atomic E-state index is 11.9. The molecule has 0 atom stereocenters. The van der Waals surface area contributed by atoms with Crippen LogP contribution in [0, 0.1) is 0 Å². The van der Waals surface area contributed by atoms with Gasteiger partial charge in [0.2, 0.25) is 11.7 Å². The normalized spacial score (nSPS) is 9.81. The van der Waals surface area contributed by atoms with Crippen LogP contribution in [0.5, 0.6) is 5.88 Å². The zero-order valence-corrected chi connectivity index (χ0v) is 8.62. The molecule has 0 amide bonds. The summed E-state index contributed by atoms with van der Waals surface area (Å²) in [4.78, 5) is 15.7. The molecular weight excluding hydrogens is 206 g/mol. The molecule has 0 radical (unpaired) electrons. The van der Waals surface area contributed by atoms with Gasteiger partial charge in [0.25, 0.3) is 0 Å². The van der Waals surface area contributed by atoms with E-state index in [1.54, 1.807) is 30.5 Å². The molecule has 0 aliphatic heterocycles. The van der Waals surface area contributed by atoms with Crippen molar-refractivity contribution >= 4 is 5.78 Å². The fourth-order valence-corrected chi connectivity index (χ4v) is 1.19. The van der Waals surface area contributed by atoms with Crippen molar-refractivity contribution in [3.8, 4) is 5.88 Å². The van der Waals surface area contributed by atoms with E-state index in [2.05, 4.69) is 15.2 Å². The maximum absolute atomic E-state index is 11.9. The van der Waals surface area contributed by atoms with Crippen LogP contribution in [0.1, 0.15) is 16.1 Å². The van der Waals surface area contributed by atoms with Gasteiger partial charge in [-0.05, 0) is 18.2 Å². The highest BCUT2D eigenvalue weighted by molar-refractivity contribution is 6.07. The van der Waals surface area contributed by atoms with Crippen molar-refractivity contribution in [2.24, 2.45) is 0 Å². The Labute approximate surface area is 92.1 Å². The summed E-state index contributed by atoms with van der Waals surface area (Å²) >= 11 is 0. The molecular formula is C11H9N3O2. The topological polar surface area (TPSA) is 65.0 Å². The lowest BCUT2D eigenvalue weighted by Gasteiger charge is -2.00. The molecule has 0 saturated heterocycles. The van der Waals surface area contributed by atoms with Gasteiger partial charge in [-0.1, -0.05) is 0 Å². The highest BCUT2D eigenvalue weighted by atomic mass is 16.5. The van der Waals surface area contributed by atoms with Gasteiger partial charge in [-0.3, -0.25) is 9.78 Å². The van der Waals surface area contributed by atoms with Crippen LogP contribution in [0.25, 0.3) is 0 Å². The van der Waals surface area contributed by atoms with Crippen molar-refractivity contribution in [1.82, 2.24) is 15.2 Å². The van der Waals surface area contributed by atoms with E-state index in [-0.39, 0.29) is 11.5 Å². The molecule has 0 aromatic carbocycles. The molecule has 16 heavy (non-hydrogen) atoms. The molecule has 2 heterocycles. The van der Waals surface area contributed by atoms with Crippen LogP contribution in [0.15, 0.2) is 36.7 Å². The lowest BCUT2D eigenvalue weighted by atomic mass is 10.1. The van der Waals surface area contributed by atoms with Gasteiger partial charge < -0.3 is 4.74 Å². The molecule has 0 spiro atoms. The summed E-state index contributed by atoms with van der Waals surface area (Å²) in [6.45, 7) is 0. The molecule has 0 bridgehead atoms. The van der Waals surface area contributed by atoms with Crippen LogP contribution in [0.4, 0.5) is 0 Å². The number of hydrogen-bond donors (Lipinski definition) is 0. The fraction of sp³-hybridized carbons (Fsp3) is 0.0909. The lowest BCUT2D eigenvalue weighted by Crippen LogP contribution is -2.05. The molecule has 0 saturated carbocycles. The molecule has 5 heteroatoms. The minimum Gasteiger partial charge on any atom is -0.480 e. The highest BCUT2D eigenvalue weighted by Gasteiger charge is 2.10. The Kier molecular flexibility index (Phi) is 2.86. The molecule has 0 unspecified atom stereocenters. The Morgan fingerprint density at radius 2 is 2.12 bits per heavy atom. The second-order valence-electron chi connectivity index (χ2n) is 3.03. The summed E-state index contributed by atoms with van der Waals surface area (Å²) in [5.74, 6) is 0.172. The van der Waals surface area contributed by atoms with Crippen LogP contribution in [-0.2, 0) is 0 Å². The van der Waals surface area contributed by atoms with Crippen LogP contribution in [0.3, 0.4) is 0 Å². The van der Waals surface area contributed by atoms with Crippen molar-refractivity contribution in [1.29, 1.82) is 0 Å². The Morgan fingerprint density at radius 1 is 1.25 bits per heavy atom. The number of methoxy groups -OCH3 is 1. The van der Waals surface area contributed by atoms with E-state index in [1.807, 2.05) is 0 Å². The van der Waals surface area contributed by atoms with Crippen molar-refractivity contribution in [2.45, 2.75) is 0 Å². The second-order valence-corrected chi connectivity index (χ2v) is 3.03. The molecule has 2 aromatic rings. The number of pyridine rings is 1. The van der Waals surface area contributed by atoms with Gasteiger partial charge in [-0.2, -0.15) is 0 Å². The smallest absolute Gasteiger partial charge is 0.233 e. The van der Waals surface area contributed by atoms with E-state index < -0.39 is 0 Å². The summed E-state index contributed by atoms with van der Waals surface area (Å²) in [5.41, 5.74) is 0.760. The quantitative estimate of drug-likeness (QED) is 0.717. The van der Waals surface area contributed by atoms with E-state index in [4.69, 9.17) is 4.74 Å². The number of ketones is 1. The predicted octanol–water partition coefficient (Wildman–Crippen LogP) is 1.11. The summed E-state index contributed by atoms with van der Waals surface area (Å²) in [7, 11) is 1.49. The fourth-order valence-electron chi connectivity index (χ4n) is 1.19. The Bertz CT molecular complexity index is 482. The lowest BCUT2D eigenvalue weighted by molar-refractivity contribution is 0.103. The number of rotatable bonds is 3. The van der Waals surface area contributed by atoms with Gasteiger partial charge in [0.05, 0.1) is 7.11 Å². The number of carbonyl (C=O) groups is 1. The SMILES string of the molecule is COc1ccc(C(=O)c2cccnc2)nn1. The van der Waals surface area contributed by atoms with E-state index >= 15 is 0 Å². The van der Waals surface area contributed by atoms with Crippen molar-refractivity contribution in [3.63, 3.8) is 0 Å².